The average molecular weight is 144 g/mol. The van der Waals surface area contributed by atoms with E-state index in [2.05, 4.69) is 5.73 Å². The van der Waals surface area contributed by atoms with Gasteiger partial charge in [0.15, 0.2) is 0 Å². The van der Waals surface area contributed by atoms with Gasteiger partial charge in [-0.1, -0.05) is 0 Å². The second kappa shape index (κ2) is 4.28. The summed E-state index contributed by atoms with van der Waals surface area (Å²) in [6, 6.07) is 0.106. The lowest BCUT2D eigenvalue weighted by Gasteiger charge is -2.25. The summed E-state index contributed by atoms with van der Waals surface area (Å²) in [4.78, 5) is 12.7. The Morgan fingerprint density at radius 2 is 2.50 bits per heavy atom. The Balaban J connectivity index is 3.91. The van der Waals surface area contributed by atoms with Gasteiger partial charge in [-0.05, 0) is 13.8 Å². The topological polar surface area (TPSA) is 46.3 Å². The molecule has 0 rings (SSSR count). The van der Waals surface area contributed by atoms with Gasteiger partial charge in [0, 0.05) is 26.1 Å². The smallest absolute Gasteiger partial charge is 0.219 e. The monoisotopic (exact) mass is 144 g/mol. The predicted octanol–water partition coefficient (Wildman–Crippen LogP) is 0.202. The van der Waals surface area contributed by atoms with Crippen molar-refractivity contribution in [2.45, 2.75) is 26.8 Å². The highest BCUT2D eigenvalue weighted by Crippen LogP contribution is 1.96. The van der Waals surface area contributed by atoms with Crippen LogP contribution in [0.2, 0.25) is 1.41 Å². The third-order valence-electron chi connectivity index (χ3n) is 1.57. The van der Waals surface area contributed by atoms with E-state index in [0.29, 0.717) is 13.1 Å². The van der Waals surface area contributed by atoms with Crippen molar-refractivity contribution in [3.8, 4) is 0 Å². The summed E-state index contributed by atoms with van der Waals surface area (Å²) < 4.78 is 6.75. The van der Waals surface area contributed by atoms with Crippen LogP contribution in [0.5, 0.6) is 0 Å². The minimum absolute atomic E-state index is 0.0650. The number of carbonyl (C=O) groups excluding carboxylic acids is 1. The predicted molar refractivity (Wildman–Crippen MR) is 41.6 cm³/mol. The molecule has 0 aromatic carbocycles. The number of amides is 1. The molecule has 3 heteroatoms. The van der Waals surface area contributed by atoms with Gasteiger partial charge in [0.25, 0.3) is 0 Å². The van der Waals surface area contributed by atoms with Crippen molar-refractivity contribution in [3.63, 3.8) is 0 Å². The van der Waals surface area contributed by atoms with Crippen LogP contribution in [0.4, 0.5) is 0 Å². The first kappa shape index (κ1) is 7.54. The van der Waals surface area contributed by atoms with Crippen molar-refractivity contribution in [2.24, 2.45) is 5.73 Å². The summed E-state index contributed by atoms with van der Waals surface area (Å²) >= 11 is 0. The molecular weight excluding hydrogens is 128 g/mol. The van der Waals surface area contributed by atoms with Crippen LogP contribution in [0.25, 0.3) is 0 Å². The quantitative estimate of drug-likeness (QED) is 0.612. The molecule has 0 aliphatic carbocycles. The zero-order chi connectivity index (χ0) is 8.85. The lowest BCUT2D eigenvalue weighted by atomic mass is 10.3. The first-order valence-corrected chi connectivity index (χ1v) is 3.55. The first-order valence-electron chi connectivity index (χ1n) is 4.05. The molecule has 1 atom stereocenters. The minimum atomic E-state index is 0.0650. The molecule has 10 heavy (non-hydrogen) atoms. The number of nitrogens with zero attached hydrogens (tertiary/aromatic N) is 1. The van der Waals surface area contributed by atoms with Gasteiger partial charge in [-0.15, -0.1) is 0 Å². The second-order valence-corrected chi connectivity index (χ2v) is 2.36. The van der Waals surface area contributed by atoms with E-state index >= 15 is 0 Å². The Kier molecular flexibility index (Phi) is 3.22. The zero-order valence-corrected chi connectivity index (χ0v) is 6.85. The van der Waals surface area contributed by atoms with Crippen molar-refractivity contribution < 1.29 is 6.21 Å². The van der Waals surface area contributed by atoms with E-state index in [1.165, 1.54) is 0 Å². The maximum Gasteiger partial charge on any atom is 0.219 e. The van der Waals surface area contributed by atoms with Crippen molar-refractivity contribution >= 4 is 5.91 Å². The molecule has 0 saturated heterocycles. The van der Waals surface area contributed by atoms with Crippen LogP contribution in [0.3, 0.4) is 0 Å². The van der Waals surface area contributed by atoms with Gasteiger partial charge in [-0.3, -0.25) is 4.79 Å². The summed E-state index contributed by atoms with van der Waals surface area (Å²) in [5.41, 5.74) is 2.29. The van der Waals surface area contributed by atoms with E-state index in [4.69, 9.17) is 1.41 Å². The van der Waals surface area contributed by atoms with Gasteiger partial charge in [-0.2, -0.15) is 0 Å². The molecule has 0 aliphatic rings. The highest BCUT2D eigenvalue weighted by molar-refractivity contribution is 5.73. The lowest BCUT2D eigenvalue weighted by Crippen LogP contribution is -2.41. The van der Waals surface area contributed by atoms with Crippen LogP contribution in [0.1, 0.15) is 20.8 Å². The maximum atomic E-state index is 10.9. The van der Waals surface area contributed by atoms with Gasteiger partial charge in [0.05, 0.1) is 0 Å². The molecule has 0 aliphatic heterocycles. The Morgan fingerprint density at radius 1 is 1.90 bits per heavy atom. The number of rotatable bonds is 4. The normalized spacial score (nSPS) is 14.1. The number of likely N-dealkylation sites (N-methyl/N-ethyl adjacent to an activating group) is 1. The van der Waals surface area contributed by atoms with E-state index < -0.39 is 0 Å². The minimum Gasteiger partial charge on any atom is -0.339 e. The second-order valence-electron chi connectivity index (χ2n) is 2.36. The fourth-order valence-electron chi connectivity index (χ4n) is 0.955. The van der Waals surface area contributed by atoms with Crippen LogP contribution in [-0.2, 0) is 4.79 Å². The molecule has 0 fully saturated rings. The van der Waals surface area contributed by atoms with Gasteiger partial charge in [0.2, 0.25) is 5.91 Å². The van der Waals surface area contributed by atoms with Crippen LogP contribution < -0.4 is 5.73 Å². The van der Waals surface area contributed by atoms with E-state index in [9.17, 15) is 4.79 Å². The van der Waals surface area contributed by atoms with Gasteiger partial charge in [0.1, 0.15) is 1.41 Å². The Labute approximate surface area is 63.7 Å². The summed E-state index contributed by atoms with van der Waals surface area (Å²) in [7, 11) is 0. The molecule has 60 valence electrons. The van der Waals surface area contributed by atoms with Gasteiger partial charge in [-0.25, -0.2) is 0 Å². The largest absolute Gasteiger partial charge is 0.339 e. The average Bonchev–Trinajstić information content (AvgIpc) is 1.88. The first-order chi connectivity index (χ1) is 5.13. The SMILES string of the molecule is [1H]NCC(C)N(CC)C(C)=O. The maximum absolute atomic E-state index is 10.9. The van der Waals surface area contributed by atoms with Crippen molar-refractivity contribution in [3.05, 3.63) is 0 Å². The number of hydrogen-bond donors (Lipinski definition) is 1. The van der Waals surface area contributed by atoms with E-state index in [1.54, 1.807) is 11.8 Å². The summed E-state index contributed by atoms with van der Waals surface area (Å²) in [5.74, 6) is 0.0650. The molecule has 0 heterocycles. The molecule has 2 N–H and O–H groups in total. The molecule has 0 aromatic heterocycles. The van der Waals surface area contributed by atoms with Crippen LogP contribution in [-0.4, -0.2) is 29.9 Å². The summed E-state index contributed by atoms with van der Waals surface area (Å²) in [5, 5.41) is 0. The van der Waals surface area contributed by atoms with Crippen LogP contribution >= 0.6 is 0 Å². The Bertz CT molecular complexity index is 130. The molecule has 0 saturated carbocycles. The molecule has 0 aromatic rings. The molecule has 3 nitrogen and oxygen atoms in total. The van der Waals surface area contributed by atoms with E-state index in [1.807, 2.05) is 13.8 Å². The molecule has 0 bridgehead atoms. The van der Waals surface area contributed by atoms with Crippen LogP contribution in [0, 0.1) is 0 Å². The number of nitrogens with two attached hydrogens (primary N) is 1. The molecule has 1 amide bonds. The van der Waals surface area contributed by atoms with Gasteiger partial charge >= 0.3 is 0 Å². The Hall–Kier alpha value is -0.570. The number of hydrogen-bond acceptors (Lipinski definition) is 2. The zero-order valence-electron chi connectivity index (χ0n) is 7.85. The van der Waals surface area contributed by atoms with E-state index in [-0.39, 0.29) is 11.9 Å². The molecule has 1 unspecified atom stereocenters. The molecule has 0 radical (unpaired) electrons. The standard InChI is InChI=1S/C7H16N2O/c1-4-9(7(3)10)6(2)5-8/h6H,4-5,8H2,1-3H3/i/hH. The third kappa shape index (κ3) is 2.35. The highest BCUT2D eigenvalue weighted by atomic mass is 16.2. The highest BCUT2D eigenvalue weighted by Gasteiger charge is 2.11. The summed E-state index contributed by atoms with van der Waals surface area (Å²) in [6.45, 7) is 6.63. The van der Waals surface area contributed by atoms with Crippen molar-refractivity contribution in [1.82, 2.24) is 4.90 Å². The van der Waals surface area contributed by atoms with Crippen LogP contribution in [0.15, 0.2) is 0 Å². The number of carbonyl (C=O) groups is 1. The molecule has 0 spiro atoms. The molecular formula is C7H16N2O. The van der Waals surface area contributed by atoms with Gasteiger partial charge < -0.3 is 10.6 Å². The third-order valence-corrected chi connectivity index (χ3v) is 1.57. The van der Waals surface area contributed by atoms with Crippen molar-refractivity contribution in [2.75, 3.05) is 13.1 Å². The van der Waals surface area contributed by atoms with Crippen molar-refractivity contribution in [1.29, 1.82) is 0 Å². The lowest BCUT2D eigenvalue weighted by molar-refractivity contribution is -0.130. The fraction of sp³-hybridized carbons (Fsp3) is 0.857. The fourth-order valence-corrected chi connectivity index (χ4v) is 0.955. The summed E-state index contributed by atoms with van der Waals surface area (Å²) in [6.07, 6.45) is 0. The Morgan fingerprint density at radius 3 is 2.80 bits per heavy atom. The van der Waals surface area contributed by atoms with E-state index in [0.717, 1.165) is 0 Å².